The maximum absolute atomic E-state index is 12.1. The number of benzene rings is 1. The van der Waals surface area contributed by atoms with Crippen molar-refractivity contribution in [3.8, 4) is 0 Å². The lowest BCUT2D eigenvalue weighted by atomic mass is 9.66. The van der Waals surface area contributed by atoms with Crippen LogP contribution in [0.15, 0.2) is 22.7 Å². The third kappa shape index (κ3) is 7.04. The Balaban J connectivity index is 2.58. The fourth-order valence-corrected chi connectivity index (χ4v) is 2.82. The van der Waals surface area contributed by atoms with Gasteiger partial charge in [-0.2, -0.15) is 0 Å². The van der Waals surface area contributed by atoms with Crippen LogP contribution >= 0.6 is 27.5 Å². The number of carbonyl (C=O) groups excluding carboxylic acids is 2. The zero-order chi connectivity index (χ0) is 17.6. The molecule has 1 aromatic carbocycles. The molecule has 8 heteroatoms. The van der Waals surface area contributed by atoms with E-state index in [1.165, 1.54) is 6.07 Å². The highest BCUT2D eigenvalue weighted by atomic mass is 79.9. The molecule has 1 amide bonds. The minimum atomic E-state index is -1.54. The van der Waals surface area contributed by atoms with Gasteiger partial charge in [0.2, 0.25) is 0 Å². The summed E-state index contributed by atoms with van der Waals surface area (Å²) in [5.41, 5.74) is 0.339. The molecule has 0 saturated carbocycles. The van der Waals surface area contributed by atoms with E-state index in [-0.39, 0.29) is 24.7 Å². The van der Waals surface area contributed by atoms with E-state index < -0.39 is 18.8 Å². The Kier molecular flexibility index (Phi) is 8.26. The molecule has 0 aromatic heterocycles. The van der Waals surface area contributed by atoms with Gasteiger partial charge in [0.25, 0.3) is 5.91 Å². The smallest absolute Gasteiger partial charge is 0.427 e. The van der Waals surface area contributed by atoms with Crippen molar-refractivity contribution in [2.24, 2.45) is 5.92 Å². The molecule has 1 atom stereocenters. The lowest BCUT2D eigenvalue weighted by Crippen LogP contribution is -2.32. The van der Waals surface area contributed by atoms with Crippen molar-refractivity contribution < 1.29 is 19.6 Å². The summed E-state index contributed by atoms with van der Waals surface area (Å²) in [5, 5.41) is 21.6. The molecule has 0 spiro atoms. The van der Waals surface area contributed by atoms with Gasteiger partial charge in [-0.15, -0.1) is 0 Å². The van der Waals surface area contributed by atoms with Crippen LogP contribution in [0.2, 0.25) is 10.8 Å². The molecule has 0 unspecified atom stereocenters. The van der Waals surface area contributed by atoms with Crippen LogP contribution in [-0.4, -0.2) is 35.4 Å². The van der Waals surface area contributed by atoms with Crippen LogP contribution in [0.4, 0.5) is 0 Å². The summed E-state index contributed by atoms with van der Waals surface area (Å²) < 4.78 is 0.579. The van der Waals surface area contributed by atoms with Crippen LogP contribution in [0.3, 0.4) is 0 Å². The van der Waals surface area contributed by atoms with Gasteiger partial charge in [0.05, 0.1) is 12.1 Å². The molecule has 3 N–H and O–H groups in total. The van der Waals surface area contributed by atoms with Crippen molar-refractivity contribution >= 4 is 46.3 Å². The summed E-state index contributed by atoms with van der Waals surface area (Å²) in [6, 6.07) is 4.80. The third-order valence-corrected chi connectivity index (χ3v) is 4.23. The van der Waals surface area contributed by atoms with Crippen molar-refractivity contribution in [2.75, 3.05) is 6.54 Å². The van der Waals surface area contributed by atoms with Crippen LogP contribution in [0.5, 0.6) is 0 Å². The van der Waals surface area contributed by atoms with E-state index in [0.29, 0.717) is 21.5 Å². The zero-order valence-corrected chi connectivity index (χ0v) is 15.4. The Morgan fingerprint density at radius 3 is 2.57 bits per heavy atom. The number of rotatable bonds is 8. The molecular formula is C15H20BBrClNO4. The first-order valence-electron chi connectivity index (χ1n) is 7.31. The van der Waals surface area contributed by atoms with E-state index in [4.69, 9.17) is 11.6 Å². The largest absolute Gasteiger partial charge is 0.455 e. The number of hydrogen-bond acceptors (Lipinski definition) is 4. The van der Waals surface area contributed by atoms with E-state index in [1.807, 2.05) is 13.8 Å². The Morgan fingerprint density at radius 2 is 2.00 bits per heavy atom. The Morgan fingerprint density at radius 1 is 1.35 bits per heavy atom. The Hall–Kier alpha value is -0.885. The third-order valence-electron chi connectivity index (χ3n) is 3.30. The van der Waals surface area contributed by atoms with E-state index in [0.717, 1.165) is 0 Å². The predicted molar refractivity (Wildman–Crippen MR) is 94.5 cm³/mol. The highest BCUT2D eigenvalue weighted by molar-refractivity contribution is 9.10. The molecule has 5 nitrogen and oxygen atoms in total. The van der Waals surface area contributed by atoms with E-state index >= 15 is 0 Å². The van der Waals surface area contributed by atoms with Gasteiger partial charge in [0, 0.05) is 21.7 Å². The molecule has 0 aliphatic carbocycles. The molecule has 0 heterocycles. The molecule has 0 aliphatic rings. The number of nitrogens with one attached hydrogen (secondary N) is 1. The molecule has 0 radical (unpaired) electrons. The second-order valence-corrected chi connectivity index (χ2v) is 7.14. The SMILES string of the molecule is CC(C)C[C@H](CC(=O)CNC(=O)c1cc(Cl)ccc1Br)B(O)O. The minimum absolute atomic E-state index is 0.00679. The number of amides is 1. The van der Waals surface area contributed by atoms with Crippen LogP contribution in [0.25, 0.3) is 0 Å². The van der Waals surface area contributed by atoms with Gasteiger partial charge in [0.1, 0.15) is 0 Å². The second-order valence-electron chi connectivity index (χ2n) is 5.85. The molecule has 0 saturated heterocycles. The van der Waals surface area contributed by atoms with Gasteiger partial charge < -0.3 is 15.4 Å². The monoisotopic (exact) mass is 403 g/mol. The number of carbonyl (C=O) groups is 2. The van der Waals surface area contributed by atoms with Crippen molar-refractivity contribution in [2.45, 2.75) is 32.5 Å². The topological polar surface area (TPSA) is 86.6 Å². The summed E-state index contributed by atoms with van der Waals surface area (Å²) in [5.74, 6) is -0.961. The second kappa shape index (κ2) is 9.42. The van der Waals surface area contributed by atoms with Crippen molar-refractivity contribution in [1.29, 1.82) is 0 Å². The Labute approximate surface area is 149 Å². The molecule has 23 heavy (non-hydrogen) atoms. The van der Waals surface area contributed by atoms with E-state index in [1.54, 1.807) is 12.1 Å². The lowest BCUT2D eigenvalue weighted by molar-refractivity contribution is -0.118. The summed E-state index contributed by atoms with van der Waals surface area (Å²) >= 11 is 9.11. The number of Topliss-reactive ketones (excluding diaryl/α,β-unsaturated/α-hetero) is 1. The molecule has 0 fully saturated rings. The van der Waals surface area contributed by atoms with Crippen molar-refractivity contribution in [3.63, 3.8) is 0 Å². The highest BCUT2D eigenvalue weighted by Crippen LogP contribution is 2.23. The predicted octanol–water partition coefficient (Wildman–Crippen LogP) is 2.68. The van der Waals surface area contributed by atoms with Gasteiger partial charge in [-0.25, -0.2) is 0 Å². The summed E-state index contributed by atoms with van der Waals surface area (Å²) in [6.07, 6.45) is 0.532. The molecule has 126 valence electrons. The van der Waals surface area contributed by atoms with Crippen LogP contribution in [0.1, 0.15) is 37.0 Å². The maximum Gasteiger partial charge on any atom is 0.455 e. The average Bonchev–Trinajstić information content (AvgIpc) is 2.46. The number of hydrogen-bond donors (Lipinski definition) is 3. The van der Waals surface area contributed by atoms with Crippen molar-refractivity contribution in [3.05, 3.63) is 33.3 Å². The fraction of sp³-hybridized carbons (Fsp3) is 0.467. The summed E-state index contributed by atoms with van der Waals surface area (Å²) in [6.45, 7) is 3.72. The lowest BCUT2D eigenvalue weighted by Gasteiger charge is -2.17. The van der Waals surface area contributed by atoms with Crippen LogP contribution in [0, 0.1) is 5.92 Å². The number of halogens is 2. The van der Waals surface area contributed by atoms with Gasteiger partial charge in [-0.3, -0.25) is 9.59 Å². The summed E-state index contributed by atoms with van der Waals surface area (Å²) in [7, 11) is -1.54. The molecule has 0 bridgehead atoms. The van der Waals surface area contributed by atoms with Gasteiger partial charge in [-0.1, -0.05) is 25.4 Å². The van der Waals surface area contributed by atoms with Crippen molar-refractivity contribution in [1.82, 2.24) is 5.32 Å². The Bertz CT molecular complexity index is 568. The quantitative estimate of drug-likeness (QED) is 0.582. The molecular weight excluding hydrogens is 384 g/mol. The number of ketones is 1. The van der Waals surface area contributed by atoms with Crippen LogP contribution in [-0.2, 0) is 4.79 Å². The van der Waals surface area contributed by atoms with Gasteiger partial charge >= 0.3 is 7.12 Å². The fourth-order valence-electron chi connectivity index (χ4n) is 2.23. The minimum Gasteiger partial charge on any atom is -0.427 e. The van der Waals surface area contributed by atoms with E-state index in [2.05, 4.69) is 21.2 Å². The zero-order valence-electron chi connectivity index (χ0n) is 13.1. The first-order valence-corrected chi connectivity index (χ1v) is 8.49. The normalized spacial score (nSPS) is 12.1. The first kappa shape index (κ1) is 20.2. The van der Waals surface area contributed by atoms with Gasteiger partial charge in [-0.05, 0) is 46.5 Å². The first-order chi connectivity index (χ1) is 10.7. The summed E-state index contributed by atoms with van der Waals surface area (Å²) in [4.78, 5) is 24.0. The molecule has 1 aromatic rings. The standard InChI is InChI=1S/C15H20BBrClNO4/c1-9(2)5-10(16(22)23)6-12(20)8-19-15(21)13-7-11(18)3-4-14(13)17/h3-4,7,9-10,22-23H,5-6,8H2,1-2H3,(H,19,21)/t10-/m1/s1. The molecule has 1 rings (SSSR count). The molecule has 0 aliphatic heterocycles. The van der Waals surface area contributed by atoms with Crippen LogP contribution < -0.4 is 5.32 Å². The van der Waals surface area contributed by atoms with E-state index in [9.17, 15) is 19.6 Å². The highest BCUT2D eigenvalue weighted by Gasteiger charge is 2.26. The van der Waals surface area contributed by atoms with Gasteiger partial charge in [0.15, 0.2) is 5.78 Å². The maximum atomic E-state index is 12.1. The average molecular weight is 404 g/mol.